The largest absolute Gasteiger partial charge is 0.447 e. The molecule has 1 N–H and O–H groups in total. The number of nitrogens with one attached hydrogen (secondary N) is 1. The van der Waals surface area contributed by atoms with Gasteiger partial charge in [0.1, 0.15) is 6.26 Å². The van der Waals surface area contributed by atoms with Crippen molar-refractivity contribution in [1.82, 2.24) is 15.2 Å². The summed E-state index contributed by atoms with van der Waals surface area (Å²) in [6, 6.07) is 15.9. The summed E-state index contributed by atoms with van der Waals surface area (Å²) in [7, 11) is 0. The quantitative estimate of drug-likeness (QED) is 0.469. The van der Waals surface area contributed by atoms with Gasteiger partial charge >= 0.3 is 0 Å². The van der Waals surface area contributed by atoms with E-state index in [0.717, 1.165) is 5.56 Å². The monoisotopic (exact) mass is 445 g/mol. The summed E-state index contributed by atoms with van der Waals surface area (Å²) in [6.07, 6.45) is 1.40. The lowest BCUT2D eigenvalue weighted by atomic mass is 10.1. The number of hydrogen-bond donors (Lipinski definition) is 1. The van der Waals surface area contributed by atoms with E-state index in [0.29, 0.717) is 29.0 Å². The van der Waals surface area contributed by atoms with Gasteiger partial charge in [0.25, 0.3) is 5.91 Å². The van der Waals surface area contributed by atoms with Gasteiger partial charge in [-0.1, -0.05) is 59.6 Å². The van der Waals surface area contributed by atoms with E-state index < -0.39 is 0 Å². The summed E-state index contributed by atoms with van der Waals surface area (Å²) < 4.78 is 5.60. The number of carbonyl (C=O) groups is 1. The van der Waals surface area contributed by atoms with Gasteiger partial charge in [-0.3, -0.25) is 9.69 Å². The molecule has 0 aliphatic carbocycles. The van der Waals surface area contributed by atoms with Gasteiger partial charge in [0.05, 0.1) is 16.6 Å². The Morgan fingerprint density at radius 1 is 1.07 bits per heavy atom. The van der Waals surface area contributed by atoms with Gasteiger partial charge in [0, 0.05) is 18.6 Å². The van der Waals surface area contributed by atoms with Gasteiger partial charge < -0.3 is 9.73 Å². The first kappa shape index (κ1) is 22.3. The fraction of sp³-hybridized carbons (Fsp3) is 0.304. The smallest absolute Gasteiger partial charge is 0.273 e. The third kappa shape index (κ3) is 5.85. The lowest BCUT2D eigenvalue weighted by Gasteiger charge is -2.28. The minimum Gasteiger partial charge on any atom is -0.447 e. The van der Waals surface area contributed by atoms with Crippen LogP contribution < -0.4 is 5.32 Å². The number of aromatic nitrogens is 1. The standard InChI is InChI=1S/C23H25Cl2N3O2/c1-15(2)26-23(29)21-14-30-22(27-21)13-28(16(3)18-7-5-4-6-8-18)12-17-9-10-19(24)20(25)11-17/h4-11,14-16H,12-13H2,1-3H3,(H,26,29)/t16-/m1/s1. The molecule has 0 saturated carbocycles. The fourth-order valence-corrected chi connectivity index (χ4v) is 3.46. The summed E-state index contributed by atoms with van der Waals surface area (Å²) in [6.45, 7) is 6.98. The van der Waals surface area contributed by atoms with Crippen LogP contribution in [0.5, 0.6) is 0 Å². The van der Waals surface area contributed by atoms with Gasteiger partial charge in [0.15, 0.2) is 5.69 Å². The van der Waals surface area contributed by atoms with E-state index in [-0.39, 0.29) is 23.7 Å². The average molecular weight is 446 g/mol. The molecule has 1 heterocycles. The Kier molecular flexibility index (Phi) is 7.53. The molecule has 1 atom stereocenters. The van der Waals surface area contributed by atoms with Gasteiger partial charge in [-0.05, 0) is 44.0 Å². The number of halogens is 2. The second-order valence-corrected chi connectivity index (χ2v) is 8.31. The second kappa shape index (κ2) is 10.1. The number of benzene rings is 2. The van der Waals surface area contributed by atoms with Crippen LogP contribution in [0.1, 0.15) is 54.3 Å². The molecule has 0 fully saturated rings. The molecule has 2 aromatic carbocycles. The van der Waals surface area contributed by atoms with E-state index in [9.17, 15) is 4.79 Å². The zero-order valence-corrected chi connectivity index (χ0v) is 18.7. The molecule has 0 saturated heterocycles. The van der Waals surface area contributed by atoms with Crippen LogP contribution >= 0.6 is 23.2 Å². The zero-order valence-electron chi connectivity index (χ0n) is 17.2. The number of nitrogens with zero attached hydrogens (tertiary/aromatic N) is 2. The summed E-state index contributed by atoms with van der Waals surface area (Å²) in [5.41, 5.74) is 2.47. The average Bonchev–Trinajstić information content (AvgIpc) is 3.19. The number of carbonyl (C=O) groups excluding carboxylic acids is 1. The molecule has 0 bridgehead atoms. The molecule has 0 aliphatic rings. The summed E-state index contributed by atoms with van der Waals surface area (Å²) in [5, 5.41) is 3.87. The van der Waals surface area contributed by atoms with E-state index in [1.807, 2.05) is 44.2 Å². The summed E-state index contributed by atoms with van der Waals surface area (Å²) >= 11 is 12.3. The van der Waals surface area contributed by atoms with Crippen molar-refractivity contribution in [2.24, 2.45) is 0 Å². The predicted molar refractivity (Wildman–Crippen MR) is 120 cm³/mol. The maximum Gasteiger partial charge on any atom is 0.273 e. The van der Waals surface area contributed by atoms with Crippen LogP contribution in [0.2, 0.25) is 10.0 Å². The molecule has 158 valence electrons. The van der Waals surface area contributed by atoms with Crippen molar-refractivity contribution in [3.8, 4) is 0 Å². The molecule has 0 aliphatic heterocycles. The Morgan fingerprint density at radius 2 is 1.80 bits per heavy atom. The molecule has 30 heavy (non-hydrogen) atoms. The maximum atomic E-state index is 12.2. The highest BCUT2D eigenvalue weighted by Crippen LogP contribution is 2.27. The molecule has 3 aromatic rings. The SMILES string of the molecule is CC(C)NC(=O)c1coc(CN(Cc2ccc(Cl)c(Cl)c2)[C@H](C)c2ccccc2)n1. The van der Waals surface area contributed by atoms with Crippen molar-refractivity contribution in [2.75, 3.05) is 0 Å². The highest BCUT2D eigenvalue weighted by Gasteiger charge is 2.21. The zero-order chi connectivity index (χ0) is 21.7. The predicted octanol–water partition coefficient (Wildman–Crippen LogP) is 5.88. The minimum absolute atomic E-state index is 0.0295. The third-order valence-corrected chi connectivity index (χ3v) is 5.48. The van der Waals surface area contributed by atoms with E-state index in [1.165, 1.54) is 11.8 Å². The van der Waals surface area contributed by atoms with Gasteiger partial charge in [-0.15, -0.1) is 0 Å². The highest BCUT2D eigenvalue weighted by molar-refractivity contribution is 6.42. The molecule has 0 unspecified atom stereocenters. The first-order chi connectivity index (χ1) is 14.3. The van der Waals surface area contributed by atoms with E-state index in [1.54, 1.807) is 6.07 Å². The van der Waals surface area contributed by atoms with Crippen molar-refractivity contribution in [2.45, 2.75) is 45.9 Å². The Labute approximate surface area is 187 Å². The van der Waals surface area contributed by atoms with Crippen molar-refractivity contribution in [1.29, 1.82) is 0 Å². The molecule has 1 aromatic heterocycles. The van der Waals surface area contributed by atoms with Crippen molar-refractivity contribution >= 4 is 29.1 Å². The molecule has 0 spiro atoms. The van der Waals surface area contributed by atoms with Crippen LogP contribution in [0.3, 0.4) is 0 Å². The Balaban J connectivity index is 1.83. The van der Waals surface area contributed by atoms with Crippen LogP contribution in [0, 0.1) is 0 Å². The van der Waals surface area contributed by atoms with Crippen LogP contribution in [-0.2, 0) is 13.1 Å². The van der Waals surface area contributed by atoms with E-state index >= 15 is 0 Å². The van der Waals surface area contributed by atoms with Crippen molar-refractivity contribution in [3.63, 3.8) is 0 Å². The molecule has 3 rings (SSSR count). The second-order valence-electron chi connectivity index (χ2n) is 7.49. The lowest BCUT2D eigenvalue weighted by Crippen LogP contribution is -2.30. The normalized spacial score (nSPS) is 12.4. The molecular weight excluding hydrogens is 421 g/mol. The lowest BCUT2D eigenvalue weighted by molar-refractivity contribution is 0.0938. The van der Waals surface area contributed by atoms with Gasteiger partial charge in [-0.2, -0.15) is 0 Å². The first-order valence-corrected chi connectivity index (χ1v) is 10.6. The number of hydrogen-bond acceptors (Lipinski definition) is 4. The molecule has 0 radical (unpaired) electrons. The van der Waals surface area contributed by atoms with Crippen LogP contribution in [-0.4, -0.2) is 21.8 Å². The minimum atomic E-state index is -0.243. The molecule has 7 heteroatoms. The number of rotatable bonds is 8. The van der Waals surface area contributed by atoms with E-state index in [4.69, 9.17) is 27.6 Å². The van der Waals surface area contributed by atoms with Crippen LogP contribution in [0.4, 0.5) is 0 Å². The van der Waals surface area contributed by atoms with Crippen molar-refractivity contribution in [3.05, 3.63) is 87.6 Å². The topological polar surface area (TPSA) is 58.4 Å². The summed E-state index contributed by atoms with van der Waals surface area (Å²) in [4.78, 5) is 18.8. The Hall–Kier alpha value is -2.34. The first-order valence-electron chi connectivity index (χ1n) is 9.81. The number of oxazole rings is 1. The fourth-order valence-electron chi connectivity index (χ4n) is 3.14. The van der Waals surface area contributed by atoms with Crippen LogP contribution in [0.15, 0.2) is 59.2 Å². The molecular formula is C23H25Cl2N3O2. The molecule has 1 amide bonds. The summed E-state index contributed by atoms with van der Waals surface area (Å²) in [5.74, 6) is 0.235. The van der Waals surface area contributed by atoms with E-state index in [2.05, 4.69) is 34.3 Å². The maximum absolute atomic E-state index is 12.2. The Bertz CT molecular complexity index is 989. The molecule has 5 nitrogen and oxygen atoms in total. The van der Waals surface area contributed by atoms with Gasteiger partial charge in [0.2, 0.25) is 5.89 Å². The Morgan fingerprint density at radius 3 is 2.47 bits per heavy atom. The van der Waals surface area contributed by atoms with Crippen LogP contribution in [0.25, 0.3) is 0 Å². The van der Waals surface area contributed by atoms with Crippen molar-refractivity contribution < 1.29 is 9.21 Å². The van der Waals surface area contributed by atoms with Gasteiger partial charge in [-0.25, -0.2) is 4.98 Å². The highest BCUT2D eigenvalue weighted by atomic mass is 35.5. The third-order valence-electron chi connectivity index (χ3n) is 4.74. The number of amides is 1.